The third-order valence-corrected chi connectivity index (χ3v) is 3.96. The summed E-state index contributed by atoms with van der Waals surface area (Å²) in [5, 5.41) is 6.55. The number of aliphatic imine (C=N–C) groups is 1. The molecule has 3 rings (SSSR count). The van der Waals surface area contributed by atoms with Crippen molar-refractivity contribution in [3.8, 4) is 5.82 Å². The standard InChI is InChI=1S/C20H23FN6/c1-2-23-20(25-10-7-16-3-5-18(21)6-4-16)26-14-17-8-9-24-19(13-17)27-12-11-22-15-27/h3-6,8-9,11-13,15H,2,7,10,14H2,1H3,(H2,23,25,26). The highest BCUT2D eigenvalue weighted by Crippen LogP contribution is 2.08. The summed E-state index contributed by atoms with van der Waals surface area (Å²) in [4.78, 5) is 13.0. The van der Waals surface area contributed by atoms with Gasteiger partial charge in [-0.3, -0.25) is 4.57 Å². The SMILES string of the molecule is CCNC(=NCc1ccnc(-n2ccnc2)c1)NCCc1ccc(F)cc1. The zero-order valence-corrected chi connectivity index (χ0v) is 15.3. The molecule has 0 bridgehead atoms. The van der Waals surface area contributed by atoms with Crippen molar-refractivity contribution in [1.82, 2.24) is 25.2 Å². The number of nitrogens with zero attached hydrogens (tertiary/aromatic N) is 4. The Kier molecular flexibility index (Phi) is 6.51. The van der Waals surface area contributed by atoms with Gasteiger partial charge in [0.2, 0.25) is 0 Å². The highest BCUT2D eigenvalue weighted by atomic mass is 19.1. The number of guanidine groups is 1. The first kappa shape index (κ1) is 18.6. The number of aromatic nitrogens is 3. The third-order valence-electron chi connectivity index (χ3n) is 3.96. The molecule has 2 aromatic heterocycles. The number of hydrogen-bond acceptors (Lipinski definition) is 3. The topological polar surface area (TPSA) is 67.1 Å². The summed E-state index contributed by atoms with van der Waals surface area (Å²) in [5.74, 6) is 1.35. The van der Waals surface area contributed by atoms with Crippen molar-refractivity contribution in [3.63, 3.8) is 0 Å². The van der Waals surface area contributed by atoms with E-state index in [9.17, 15) is 4.39 Å². The van der Waals surface area contributed by atoms with E-state index in [1.807, 2.05) is 29.8 Å². The average molecular weight is 366 g/mol. The summed E-state index contributed by atoms with van der Waals surface area (Å²) in [7, 11) is 0. The van der Waals surface area contributed by atoms with Gasteiger partial charge in [-0.1, -0.05) is 12.1 Å². The van der Waals surface area contributed by atoms with Crippen LogP contribution in [-0.4, -0.2) is 33.6 Å². The Morgan fingerprint density at radius 3 is 2.70 bits per heavy atom. The van der Waals surface area contributed by atoms with Crippen LogP contribution in [0, 0.1) is 5.82 Å². The predicted molar refractivity (Wildman–Crippen MR) is 104 cm³/mol. The van der Waals surface area contributed by atoms with Crippen LogP contribution in [0.1, 0.15) is 18.1 Å². The van der Waals surface area contributed by atoms with Crippen molar-refractivity contribution >= 4 is 5.96 Å². The molecule has 0 spiro atoms. The van der Waals surface area contributed by atoms with E-state index < -0.39 is 0 Å². The summed E-state index contributed by atoms with van der Waals surface area (Å²) >= 11 is 0. The Morgan fingerprint density at radius 1 is 1.11 bits per heavy atom. The van der Waals surface area contributed by atoms with Gasteiger partial charge in [0.1, 0.15) is 18.0 Å². The first-order valence-electron chi connectivity index (χ1n) is 8.94. The van der Waals surface area contributed by atoms with Crippen LogP contribution in [0.5, 0.6) is 0 Å². The van der Waals surface area contributed by atoms with Crippen LogP contribution in [0.15, 0.2) is 66.3 Å². The van der Waals surface area contributed by atoms with Gasteiger partial charge < -0.3 is 10.6 Å². The zero-order chi connectivity index (χ0) is 18.9. The number of imidazole rings is 1. The van der Waals surface area contributed by atoms with Gasteiger partial charge in [0, 0.05) is 31.7 Å². The van der Waals surface area contributed by atoms with E-state index in [4.69, 9.17) is 0 Å². The summed E-state index contributed by atoms with van der Waals surface area (Å²) < 4.78 is 14.8. The number of hydrogen-bond donors (Lipinski definition) is 2. The van der Waals surface area contributed by atoms with Crippen LogP contribution in [0.4, 0.5) is 4.39 Å². The number of rotatable bonds is 7. The maximum absolute atomic E-state index is 13.0. The smallest absolute Gasteiger partial charge is 0.191 e. The molecule has 0 fully saturated rings. The summed E-state index contributed by atoms with van der Waals surface area (Å²) in [6.45, 7) is 4.06. The van der Waals surface area contributed by atoms with Crippen LogP contribution in [0.3, 0.4) is 0 Å². The largest absolute Gasteiger partial charge is 0.357 e. The first-order valence-corrected chi connectivity index (χ1v) is 8.94. The van der Waals surface area contributed by atoms with E-state index in [1.165, 1.54) is 12.1 Å². The fourth-order valence-electron chi connectivity index (χ4n) is 2.58. The van der Waals surface area contributed by atoms with E-state index in [1.54, 1.807) is 30.9 Å². The van der Waals surface area contributed by atoms with Crippen LogP contribution >= 0.6 is 0 Å². The molecule has 0 aliphatic heterocycles. The monoisotopic (exact) mass is 366 g/mol. The second kappa shape index (κ2) is 9.47. The van der Waals surface area contributed by atoms with Crippen molar-refractivity contribution in [2.45, 2.75) is 19.9 Å². The molecule has 2 N–H and O–H groups in total. The maximum Gasteiger partial charge on any atom is 0.191 e. The number of pyridine rings is 1. The maximum atomic E-state index is 13.0. The molecule has 0 amide bonds. The Balaban J connectivity index is 1.58. The van der Waals surface area contributed by atoms with Gasteiger partial charge in [0.05, 0.1) is 6.54 Å². The molecule has 1 aromatic carbocycles. The Morgan fingerprint density at radius 2 is 1.96 bits per heavy atom. The number of halogens is 1. The van der Waals surface area contributed by atoms with Gasteiger partial charge in [-0.2, -0.15) is 0 Å². The fraction of sp³-hybridized carbons (Fsp3) is 0.250. The van der Waals surface area contributed by atoms with Crippen molar-refractivity contribution < 1.29 is 4.39 Å². The molecule has 0 unspecified atom stereocenters. The van der Waals surface area contributed by atoms with E-state index in [0.717, 1.165) is 35.9 Å². The van der Waals surface area contributed by atoms with Crippen molar-refractivity contribution in [3.05, 3.63) is 78.3 Å². The molecule has 6 nitrogen and oxygen atoms in total. The number of benzene rings is 1. The van der Waals surface area contributed by atoms with Gasteiger partial charge in [0.25, 0.3) is 0 Å². The normalized spacial score (nSPS) is 11.4. The third kappa shape index (κ3) is 5.64. The van der Waals surface area contributed by atoms with Crippen LogP contribution in [-0.2, 0) is 13.0 Å². The average Bonchev–Trinajstić information content (AvgIpc) is 3.23. The molecule has 27 heavy (non-hydrogen) atoms. The molecule has 0 radical (unpaired) electrons. The fourth-order valence-corrected chi connectivity index (χ4v) is 2.58. The van der Waals surface area contributed by atoms with Gasteiger partial charge in [-0.15, -0.1) is 0 Å². The molecule has 0 aliphatic rings. The molecule has 2 heterocycles. The molecule has 0 aliphatic carbocycles. The lowest BCUT2D eigenvalue weighted by atomic mass is 10.1. The van der Waals surface area contributed by atoms with Crippen molar-refractivity contribution in [2.24, 2.45) is 4.99 Å². The van der Waals surface area contributed by atoms with Gasteiger partial charge in [-0.05, 0) is 48.7 Å². The molecule has 7 heteroatoms. The van der Waals surface area contributed by atoms with Gasteiger partial charge in [-0.25, -0.2) is 19.4 Å². The molecule has 0 atom stereocenters. The Labute approximate surface area is 158 Å². The molecular formula is C20H23FN6. The summed E-state index contributed by atoms with van der Waals surface area (Å²) in [6.07, 6.45) is 7.87. The predicted octanol–water partition coefficient (Wildman–Crippen LogP) is 2.70. The van der Waals surface area contributed by atoms with Crippen LogP contribution in [0.25, 0.3) is 5.82 Å². The second-order valence-electron chi connectivity index (χ2n) is 5.99. The van der Waals surface area contributed by atoms with E-state index in [-0.39, 0.29) is 5.82 Å². The van der Waals surface area contributed by atoms with E-state index in [2.05, 4.69) is 25.6 Å². The van der Waals surface area contributed by atoms with Gasteiger partial charge >= 0.3 is 0 Å². The lowest BCUT2D eigenvalue weighted by Crippen LogP contribution is -2.38. The summed E-state index contributed by atoms with van der Waals surface area (Å²) in [6, 6.07) is 10.5. The minimum absolute atomic E-state index is 0.214. The summed E-state index contributed by atoms with van der Waals surface area (Å²) in [5.41, 5.74) is 2.14. The van der Waals surface area contributed by atoms with Crippen molar-refractivity contribution in [2.75, 3.05) is 13.1 Å². The molecular weight excluding hydrogens is 343 g/mol. The Bertz CT molecular complexity index is 858. The molecule has 0 saturated heterocycles. The lowest BCUT2D eigenvalue weighted by Gasteiger charge is -2.11. The molecule has 3 aromatic rings. The van der Waals surface area contributed by atoms with Crippen LogP contribution in [0.2, 0.25) is 0 Å². The minimum atomic E-state index is -0.214. The van der Waals surface area contributed by atoms with E-state index in [0.29, 0.717) is 13.1 Å². The zero-order valence-electron chi connectivity index (χ0n) is 15.3. The van der Waals surface area contributed by atoms with Gasteiger partial charge in [0.15, 0.2) is 5.96 Å². The highest BCUT2D eigenvalue weighted by molar-refractivity contribution is 5.79. The van der Waals surface area contributed by atoms with Crippen LogP contribution < -0.4 is 10.6 Å². The highest BCUT2D eigenvalue weighted by Gasteiger charge is 2.01. The van der Waals surface area contributed by atoms with E-state index >= 15 is 0 Å². The quantitative estimate of drug-likeness (QED) is 0.498. The Hall–Kier alpha value is -3.22. The second-order valence-corrected chi connectivity index (χ2v) is 5.99. The first-order chi connectivity index (χ1) is 13.2. The molecule has 140 valence electrons. The number of nitrogens with one attached hydrogen (secondary N) is 2. The van der Waals surface area contributed by atoms with Crippen molar-refractivity contribution in [1.29, 1.82) is 0 Å². The minimum Gasteiger partial charge on any atom is -0.357 e. The lowest BCUT2D eigenvalue weighted by molar-refractivity contribution is 0.626. The molecule has 0 saturated carbocycles.